The van der Waals surface area contributed by atoms with Crippen molar-refractivity contribution in [1.82, 2.24) is 19.4 Å². The predicted octanol–water partition coefficient (Wildman–Crippen LogP) is 2.25. The second-order valence-electron chi connectivity index (χ2n) is 6.17. The molecule has 1 saturated heterocycles. The van der Waals surface area contributed by atoms with Crippen LogP contribution in [-0.2, 0) is 18.4 Å². The van der Waals surface area contributed by atoms with Crippen molar-refractivity contribution in [3.8, 4) is 0 Å². The number of aryl methyl sites for hydroxylation is 1. The van der Waals surface area contributed by atoms with E-state index in [9.17, 15) is 4.79 Å². The molecule has 24 heavy (non-hydrogen) atoms. The summed E-state index contributed by atoms with van der Waals surface area (Å²) < 4.78 is 1.95. The van der Waals surface area contributed by atoms with Crippen LogP contribution in [0.1, 0.15) is 12.5 Å². The van der Waals surface area contributed by atoms with E-state index in [0.717, 1.165) is 37.9 Å². The Morgan fingerprint density at radius 1 is 1.21 bits per heavy atom. The Morgan fingerprint density at radius 2 is 1.92 bits per heavy atom. The van der Waals surface area contributed by atoms with Crippen LogP contribution in [0.15, 0.2) is 47.9 Å². The van der Waals surface area contributed by atoms with Crippen LogP contribution in [0, 0.1) is 0 Å². The molecule has 1 atom stereocenters. The fraction of sp³-hybridized carbons (Fsp3) is 0.444. The third-order valence-electron chi connectivity index (χ3n) is 4.34. The first-order valence-electron chi connectivity index (χ1n) is 8.32. The molecule has 0 radical (unpaired) electrons. The maximum atomic E-state index is 12.7. The number of amides is 1. The lowest BCUT2D eigenvalue weighted by molar-refractivity contribution is -0.132. The molecule has 0 bridgehead atoms. The molecule has 128 valence electrons. The summed E-state index contributed by atoms with van der Waals surface area (Å²) in [5, 5.41) is 0.783. The van der Waals surface area contributed by atoms with Crippen LogP contribution < -0.4 is 0 Å². The fourth-order valence-electron chi connectivity index (χ4n) is 2.90. The second-order valence-corrected chi connectivity index (χ2v) is 7.48. The predicted molar refractivity (Wildman–Crippen MR) is 96.8 cm³/mol. The highest BCUT2D eigenvalue weighted by Crippen LogP contribution is 2.23. The van der Waals surface area contributed by atoms with Gasteiger partial charge in [-0.2, -0.15) is 0 Å². The molecule has 3 rings (SSSR count). The average Bonchev–Trinajstić information content (AvgIpc) is 3.00. The Morgan fingerprint density at radius 3 is 2.54 bits per heavy atom. The highest BCUT2D eigenvalue weighted by atomic mass is 32.2. The van der Waals surface area contributed by atoms with E-state index in [1.165, 1.54) is 17.3 Å². The first kappa shape index (κ1) is 17.0. The largest absolute Gasteiger partial charge is 0.339 e. The van der Waals surface area contributed by atoms with Gasteiger partial charge in [0, 0.05) is 52.2 Å². The minimum absolute atomic E-state index is 0.105. The number of hydrogen-bond donors (Lipinski definition) is 0. The van der Waals surface area contributed by atoms with Crippen LogP contribution in [0.4, 0.5) is 0 Å². The molecule has 1 amide bonds. The van der Waals surface area contributed by atoms with Crippen molar-refractivity contribution >= 4 is 17.7 Å². The molecule has 6 heteroatoms. The van der Waals surface area contributed by atoms with Gasteiger partial charge in [0.1, 0.15) is 0 Å². The SMILES string of the molecule is C[C@H](Sc1nccn1C)C(=O)N1CCN(Cc2ccccc2)CC1. The van der Waals surface area contributed by atoms with E-state index in [1.807, 2.05) is 35.7 Å². The fourth-order valence-corrected chi connectivity index (χ4v) is 3.81. The highest BCUT2D eigenvalue weighted by molar-refractivity contribution is 8.00. The molecule has 0 unspecified atom stereocenters. The molecule has 0 spiro atoms. The van der Waals surface area contributed by atoms with E-state index in [2.05, 4.69) is 34.1 Å². The summed E-state index contributed by atoms with van der Waals surface area (Å²) in [7, 11) is 1.95. The van der Waals surface area contributed by atoms with Crippen LogP contribution in [-0.4, -0.2) is 56.7 Å². The van der Waals surface area contributed by atoms with Crippen molar-refractivity contribution in [3.63, 3.8) is 0 Å². The summed E-state index contributed by atoms with van der Waals surface area (Å²) in [4.78, 5) is 21.3. The van der Waals surface area contributed by atoms with Gasteiger partial charge in [0.25, 0.3) is 0 Å². The van der Waals surface area contributed by atoms with Crippen LogP contribution in [0.3, 0.4) is 0 Å². The van der Waals surface area contributed by atoms with E-state index in [0.29, 0.717) is 0 Å². The van der Waals surface area contributed by atoms with E-state index in [4.69, 9.17) is 0 Å². The number of aromatic nitrogens is 2. The lowest BCUT2D eigenvalue weighted by Crippen LogP contribution is -2.50. The average molecular weight is 344 g/mol. The van der Waals surface area contributed by atoms with Crippen molar-refractivity contribution in [2.45, 2.75) is 23.9 Å². The summed E-state index contributed by atoms with van der Waals surface area (Å²) in [5.74, 6) is 0.211. The number of rotatable bonds is 5. The number of hydrogen-bond acceptors (Lipinski definition) is 4. The lowest BCUT2D eigenvalue weighted by atomic mass is 10.2. The molecule has 0 aliphatic carbocycles. The molecule has 1 aromatic carbocycles. The summed E-state index contributed by atoms with van der Waals surface area (Å²) in [6, 6.07) is 10.5. The Kier molecular flexibility index (Phi) is 5.58. The van der Waals surface area contributed by atoms with Gasteiger partial charge in [0.15, 0.2) is 5.16 Å². The maximum Gasteiger partial charge on any atom is 0.235 e. The van der Waals surface area contributed by atoms with Gasteiger partial charge in [-0.05, 0) is 12.5 Å². The van der Waals surface area contributed by atoms with Crippen molar-refractivity contribution in [2.24, 2.45) is 7.05 Å². The minimum Gasteiger partial charge on any atom is -0.339 e. The maximum absolute atomic E-state index is 12.7. The Hall–Kier alpha value is -1.79. The number of carbonyl (C=O) groups is 1. The van der Waals surface area contributed by atoms with E-state index < -0.39 is 0 Å². The minimum atomic E-state index is -0.105. The first-order valence-corrected chi connectivity index (χ1v) is 9.20. The highest BCUT2D eigenvalue weighted by Gasteiger charge is 2.26. The Balaban J connectivity index is 1.49. The van der Waals surface area contributed by atoms with Gasteiger partial charge in [-0.15, -0.1) is 0 Å². The normalized spacial score (nSPS) is 17.0. The summed E-state index contributed by atoms with van der Waals surface area (Å²) in [5.41, 5.74) is 1.33. The van der Waals surface area contributed by atoms with Gasteiger partial charge >= 0.3 is 0 Å². The smallest absolute Gasteiger partial charge is 0.235 e. The molecule has 2 heterocycles. The number of carbonyl (C=O) groups excluding carboxylic acids is 1. The topological polar surface area (TPSA) is 41.4 Å². The molecule has 0 saturated carbocycles. The number of nitrogens with zero attached hydrogens (tertiary/aromatic N) is 4. The quantitative estimate of drug-likeness (QED) is 0.780. The standard InChI is InChI=1S/C18H24N4OS/c1-15(24-18-19-8-9-20(18)2)17(23)22-12-10-21(11-13-22)14-16-6-4-3-5-7-16/h3-9,15H,10-14H2,1-2H3/t15-/m0/s1. The zero-order valence-electron chi connectivity index (χ0n) is 14.3. The van der Waals surface area contributed by atoms with Crippen molar-refractivity contribution < 1.29 is 4.79 Å². The monoisotopic (exact) mass is 344 g/mol. The van der Waals surface area contributed by atoms with Crippen LogP contribution in [0.2, 0.25) is 0 Å². The molecular weight excluding hydrogens is 320 g/mol. The number of imidazole rings is 1. The van der Waals surface area contributed by atoms with Crippen molar-refractivity contribution in [1.29, 1.82) is 0 Å². The summed E-state index contributed by atoms with van der Waals surface area (Å²) in [6.45, 7) is 6.40. The molecule has 0 N–H and O–H groups in total. The second kappa shape index (κ2) is 7.85. The molecule has 1 aliphatic heterocycles. The molecule has 5 nitrogen and oxygen atoms in total. The zero-order valence-corrected chi connectivity index (χ0v) is 15.1. The van der Waals surface area contributed by atoms with Crippen molar-refractivity contribution in [3.05, 3.63) is 48.3 Å². The van der Waals surface area contributed by atoms with E-state index >= 15 is 0 Å². The van der Waals surface area contributed by atoms with Gasteiger partial charge in [0.05, 0.1) is 5.25 Å². The van der Waals surface area contributed by atoms with Crippen LogP contribution in [0.5, 0.6) is 0 Å². The number of benzene rings is 1. The van der Waals surface area contributed by atoms with Crippen LogP contribution in [0.25, 0.3) is 0 Å². The summed E-state index contributed by atoms with van der Waals surface area (Å²) >= 11 is 1.53. The van der Waals surface area contributed by atoms with Crippen molar-refractivity contribution in [2.75, 3.05) is 26.2 Å². The van der Waals surface area contributed by atoms with Gasteiger partial charge in [0.2, 0.25) is 5.91 Å². The third-order valence-corrected chi connectivity index (χ3v) is 5.50. The zero-order chi connectivity index (χ0) is 16.9. The molecule has 1 aliphatic rings. The summed E-state index contributed by atoms with van der Waals surface area (Å²) in [6.07, 6.45) is 3.67. The van der Waals surface area contributed by atoms with E-state index in [-0.39, 0.29) is 11.2 Å². The Labute approximate surface area is 147 Å². The van der Waals surface area contributed by atoms with Gasteiger partial charge in [-0.1, -0.05) is 42.1 Å². The molecule has 1 aromatic heterocycles. The third kappa shape index (κ3) is 4.19. The van der Waals surface area contributed by atoms with Gasteiger partial charge in [-0.25, -0.2) is 4.98 Å². The lowest BCUT2D eigenvalue weighted by Gasteiger charge is -2.35. The Bertz CT molecular complexity index is 665. The number of piperazine rings is 1. The first-order chi connectivity index (χ1) is 11.6. The van der Waals surface area contributed by atoms with Gasteiger partial charge in [-0.3, -0.25) is 9.69 Å². The molecular formula is C18H24N4OS. The molecule has 1 fully saturated rings. The van der Waals surface area contributed by atoms with Gasteiger partial charge < -0.3 is 9.47 Å². The van der Waals surface area contributed by atoms with E-state index in [1.54, 1.807) is 6.20 Å². The molecule has 2 aromatic rings. The number of thioether (sulfide) groups is 1. The van der Waals surface area contributed by atoms with Crippen LogP contribution >= 0.6 is 11.8 Å².